The molecule has 0 spiro atoms. The van der Waals surface area contributed by atoms with Crippen molar-refractivity contribution in [2.75, 3.05) is 0 Å². The summed E-state index contributed by atoms with van der Waals surface area (Å²) in [6.45, 7) is 6.43. The van der Waals surface area contributed by atoms with Crippen molar-refractivity contribution >= 4 is 17.5 Å². The number of ketones is 2. The number of Topliss-reactive ketones (excluding diaryl/α,β-unsaturated/α-hetero) is 2. The zero-order chi connectivity index (χ0) is 21.1. The molecule has 0 saturated carbocycles. The molecule has 28 heavy (non-hydrogen) atoms. The van der Waals surface area contributed by atoms with Crippen molar-refractivity contribution in [2.45, 2.75) is 59.1 Å². The van der Waals surface area contributed by atoms with Gasteiger partial charge in [-0.05, 0) is 46.1 Å². The van der Waals surface area contributed by atoms with Crippen molar-refractivity contribution in [1.29, 1.82) is 0 Å². The van der Waals surface area contributed by atoms with E-state index in [4.69, 9.17) is 0 Å². The van der Waals surface area contributed by atoms with E-state index in [0.29, 0.717) is 27.9 Å². The molecule has 1 aromatic carbocycles. The van der Waals surface area contributed by atoms with Crippen LogP contribution in [0.4, 0.5) is 4.39 Å². The first kappa shape index (κ1) is 21.7. The van der Waals surface area contributed by atoms with Crippen LogP contribution in [0.3, 0.4) is 0 Å². The topological polar surface area (TPSA) is 83.5 Å². The van der Waals surface area contributed by atoms with Crippen LogP contribution in [-0.2, 0) is 20.9 Å². The second-order valence-corrected chi connectivity index (χ2v) is 7.17. The van der Waals surface area contributed by atoms with E-state index >= 15 is 0 Å². The lowest BCUT2D eigenvalue weighted by Gasteiger charge is -2.27. The maximum atomic E-state index is 13.7. The van der Waals surface area contributed by atoms with Crippen LogP contribution in [-0.4, -0.2) is 28.2 Å². The second-order valence-electron chi connectivity index (χ2n) is 7.17. The SMILES string of the molecule is CCC(O)(CCC1=C(C)C(=O)C(C)=C(C)C1=O)C(=O)NCc1ccccc1F. The molecule has 0 heterocycles. The van der Waals surface area contributed by atoms with Crippen LogP contribution in [0.5, 0.6) is 0 Å². The van der Waals surface area contributed by atoms with Gasteiger partial charge in [-0.15, -0.1) is 0 Å². The van der Waals surface area contributed by atoms with E-state index in [-0.39, 0.29) is 37.4 Å². The third kappa shape index (κ3) is 4.28. The highest BCUT2D eigenvalue weighted by molar-refractivity contribution is 6.24. The standard InChI is InChI=1S/C22H26FNO4/c1-5-22(28,21(27)24-12-16-8-6-7-9-18(16)23)11-10-17-15(4)19(25)13(2)14(3)20(17)26/h6-9,28H,5,10-12H2,1-4H3,(H,24,27). The van der Waals surface area contributed by atoms with Crippen molar-refractivity contribution in [3.63, 3.8) is 0 Å². The Balaban J connectivity index is 2.10. The number of carbonyl (C=O) groups excluding carboxylic acids is 3. The van der Waals surface area contributed by atoms with E-state index in [0.717, 1.165) is 0 Å². The van der Waals surface area contributed by atoms with Crippen molar-refractivity contribution in [3.05, 3.63) is 57.9 Å². The second kappa shape index (κ2) is 8.61. The number of amides is 1. The van der Waals surface area contributed by atoms with Gasteiger partial charge in [-0.1, -0.05) is 25.1 Å². The molecule has 6 heteroatoms. The summed E-state index contributed by atoms with van der Waals surface area (Å²) in [7, 11) is 0. The molecule has 1 aliphatic rings. The summed E-state index contributed by atoms with van der Waals surface area (Å²) >= 11 is 0. The lowest BCUT2D eigenvalue weighted by Crippen LogP contribution is -2.46. The van der Waals surface area contributed by atoms with Crippen LogP contribution in [0.2, 0.25) is 0 Å². The van der Waals surface area contributed by atoms with Gasteiger partial charge in [0, 0.05) is 34.4 Å². The first-order valence-corrected chi connectivity index (χ1v) is 9.33. The normalized spacial score (nSPS) is 17.1. The quantitative estimate of drug-likeness (QED) is 0.704. The Kier molecular flexibility index (Phi) is 6.67. The summed E-state index contributed by atoms with van der Waals surface area (Å²) in [5.74, 6) is -1.47. The molecule has 5 nitrogen and oxygen atoms in total. The predicted molar refractivity (Wildman–Crippen MR) is 104 cm³/mol. The molecule has 150 valence electrons. The average Bonchev–Trinajstić information content (AvgIpc) is 2.69. The number of allylic oxidation sites excluding steroid dienone is 4. The van der Waals surface area contributed by atoms with Gasteiger partial charge in [0.1, 0.15) is 11.4 Å². The van der Waals surface area contributed by atoms with Gasteiger partial charge in [-0.2, -0.15) is 0 Å². The van der Waals surface area contributed by atoms with Crippen molar-refractivity contribution < 1.29 is 23.9 Å². The van der Waals surface area contributed by atoms with E-state index in [9.17, 15) is 23.9 Å². The highest BCUT2D eigenvalue weighted by Crippen LogP contribution is 2.30. The Morgan fingerprint density at radius 1 is 1.07 bits per heavy atom. The fourth-order valence-corrected chi connectivity index (χ4v) is 3.22. The lowest BCUT2D eigenvalue weighted by molar-refractivity contribution is -0.141. The molecule has 0 aliphatic heterocycles. The molecule has 0 aromatic heterocycles. The molecule has 2 N–H and O–H groups in total. The summed E-state index contributed by atoms with van der Waals surface area (Å²) in [6, 6.07) is 6.07. The van der Waals surface area contributed by atoms with Gasteiger partial charge in [0.05, 0.1) is 0 Å². The van der Waals surface area contributed by atoms with Crippen LogP contribution in [0.1, 0.15) is 52.5 Å². The lowest BCUT2D eigenvalue weighted by atomic mass is 9.81. The smallest absolute Gasteiger partial charge is 0.252 e. The molecule has 1 aromatic rings. The molecule has 1 atom stereocenters. The molecule has 0 radical (unpaired) electrons. The first-order valence-electron chi connectivity index (χ1n) is 9.33. The van der Waals surface area contributed by atoms with Gasteiger partial charge in [-0.3, -0.25) is 14.4 Å². The molecular formula is C22H26FNO4. The van der Waals surface area contributed by atoms with Gasteiger partial charge in [0.25, 0.3) is 5.91 Å². The average molecular weight is 387 g/mol. The number of carbonyl (C=O) groups is 3. The molecular weight excluding hydrogens is 361 g/mol. The molecule has 1 aliphatic carbocycles. The van der Waals surface area contributed by atoms with Crippen molar-refractivity contribution in [3.8, 4) is 0 Å². The summed E-state index contributed by atoms with van der Waals surface area (Å²) in [5.41, 5.74) is 0.123. The predicted octanol–water partition coefficient (Wildman–Crippen LogP) is 3.17. The van der Waals surface area contributed by atoms with Gasteiger partial charge in [0.15, 0.2) is 11.6 Å². The number of hydrogen-bond donors (Lipinski definition) is 2. The number of aliphatic hydroxyl groups is 1. The molecule has 1 amide bonds. The van der Waals surface area contributed by atoms with Gasteiger partial charge in [0.2, 0.25) is 0 Å². The first-order chi connectivity index (χ1) is 13.1. The number of rotatable bonds is 7. The fraction of sp³-hybridized carbons (Fsp3) is 0.409. The highest BCUT2D eigenvalue weighted by atomic mass is 19.1. The minimum absolute atomic E-state index is 0.00930. The minimum Gasteiger partial charge on any atom is -0.380 e. The fourth-order valence-electron chi connectivity index (χ4n) is 3.22. The summed E-state index contributed by atoms with van der Waals surface area (Å²) in [6.07, 6.45) is 0.224. The Labute approximate surface area is 164 Å². The Morgan fingerprint density at radius 3 is 2.29 bits per heavy atom. The molecule has 0 fully saturated rings. The highest BCUT2D eigenvalue weighted by Gasteiger charge is 2.36. The zero-order valence-corrected chi connectivity index (χ0v) is 16.7. The third-order valence-corrected chi connectivity index (χ3v) is 5.50. The van der Waals surface area contributed by atoms with E-state index in [1.807, 2.05) is 0 Å². The van der Waals surface area contributed by atoms with E-state index in [1.54, 1.807) is 45.9 Å². The Bertz CT molecular complexity index is 884. The van der Waals surface area contributed by atoms with Gasteiger partial charge >= 0.3 is 0 Å². The van der Waals surface area contributed by atoms with Gasteiger partial charge in [-0.25, -0.2) is 4.39 Å². The molecule has 2 rings (SSSR count). The van der Waals surface area contributed by atoms with Crippen molar-refractivity contribution in [1.82, 2.24) is 5.32 Å². The number of halogens is 1. The maximum Gasteiger partial charge on any atom is 0.252 e. The molecule has 0 bridgehead atoms. The molecule has 1 unspecified atom stereocenters. The Hall–Kier alpha value is -2.60. The van der Waals surface area contributed by atoms with Crippen LogP contribution >= 0.6 is 0 Å². The Morgan fingerprint density at radius 2 is 1.68 bits per heavy atom. The summed E-state index contributed by atoms with van der Waals surface area (Å²) < 4.78 is 13.7. The third-order valence-electron chi connectivity index (χ3n) is 5.50. The van der Waals surface area contributed by atoms with E-state index < -0.39 is 17.3 Å². The monoisotopic (exact) mass is 387 g/mol. The van der Waals surface area contributed by atoms with Crippen LogP contribution < -0.4 is 5.32 Å². The minimum atomic E-state index is -1.72. The number of benzene rings is 1. The van der Waals surface area contributed by atoms with Crippen molar-refractivity contribution in [2.24, 2.45) is 0 Å². The number of hydrogen-bond acceptors (Lipinski definition) is 4. The summed E-state index contributed by atoms with van der Waals surface area (Å²) in [4.78, 5) is 37.3. The molecule has 0 saturated heterocycles. The largest absolute Gasteiger partial charge is 0.380 e. The van der Waals surface area contributed by atoms with E-state index in [1.165, 1.54) is 6.07 Å². The van der Waals surface area contributed by atoms with Crippen LogP contribution in [0, 0.1) is 5.82 Å². The van der Waals surface area contributed by atoms with Gasteiger partial charge < -0.3 is 10.4 Å². The zero-order valence-electron chi connectivity index (χ0n) is 16.7. The van der Waals surface area contributed by atoms with Crippen LogP contribution in [0.25, 0.3) is 0 Å². The summed E-state index contributed by atoms with van der Waals surface area (Å²) in [5, 5.41) is 13.3. The van der Waals surface area contributed by atoms with Crippen LogP contribution in [0.15, 0.2) is 46.6 Å². The number of nitrogens with one attached hydrogen (secondary N) is 1. The van der Waals surface area contributed by atoms with E-state index in [2.05, 4.69) is 5.32 Å². The maximum absolute atomic E-state index is 13.7.